The first-order chi connectivity index (χ1) is 7.22. The minimum atomic E-state index is -0.400. The maximum absolute atomic E-state index is 11.8. The van der Waals surface area contributed by atoms with Gasteiger partial charge < -0.3 is 16.0 Å². The van der Waals surface area contributed by atoms with E-state index >= 15 is 0 Å². The number of nitrogens with zero attached hydrogens (tertiary/aromatic N) is 1. The summed E-state index contributed by atoms with van der Waals surface area (Å²) >= 11 is 0. The molecule has 0 heterocycles. The maximum atomic E-state index is 11.8. The van der Waals surface area contributed by atoms with Crippen LogP contribution in [0, 0.1) is 5.92 Å². The lowest BCUT2D eigenvalue weighted by Crippen LogP contribution is -2.52. The van der Waals surface area contributed by atoms with Gasteiger partial charge in [-0.15, -0.1) is 0 Å². The van der Waals surface area contributed by atoms with E-state index in [1.54, 1.807) is 0 Å². The molecular formula is C12H27N3O. The highest BCUT2D eigenvalue weighted by Crippen LogP contribution is 2.09. The van der Waals surface area contributed by atoms with Gasteiger partial charge in [-0.05, 0) is 33.9 Å². The quantitative estimate of drug-likeness (QED) is 0.709. The van der Waals surface area contributed by atoms with Gasteiger partial charge in [-0.2, -0.15) is 0 Å². The molecule has 0 fully saturated rings. The summed E-state index contributed by atoms with van der Waals surface area (Å²) in [5.41, 5.74) is 5.80. The molecule has 0 radical (unpaired) electrons. The molecule has 3 N–H and O–H groups in total. The molecule has 4 heteroatoms. The Morgan fingerprint density at radius 3 is 2.31 bits per heavy atom. The van der Waals surface area contributed by atoms with E-state index in [1.165, 1.54) is 0 Å². The van der Waals surface area contributed by atoms with E-state index in [-0.39, 0.29) is 17.4 Å². The molecule has 0 aromatic heterocycles. The number of rotatable bonds is 6. The topological polar surface area (TPSA) is 58.4 Å². The second-order valence-electron chi connectivity index (χ2n) is 5.34. The van der Waals surface area contributed by atoms with Crippen LogP contribution in [-0.4, -0.2) is 43.0 Å². The lowest BCUT2D eigenvalue weighted by Gasteiger charge is -2.33. The van der Waals surface area contributed by atoms with Crippen molar-refractivity contribution in [3.63, 3.8) is 0 Å². The third-order valence-corrected chi connectivity index (χ3v) is 3.47. The minimum absolute atomic E-state index is 0.0508. The number of nitrogens with one attached hydrogen (secondary N) is 1. The van der Waals surface area contributed by atoms with Gasteiger partial charge in [0, 0.05) is 12.1 Å². The van der Waals surface area contributed by atoms with E-state index < -0.39 is 6.04 Å². The van der Waals surface area contributed by atoms with Gasteiger partial charge in [0.25, 0.3) is 0 Å². The number of amides is 1. The molecule has 0 aliphatic rings. The number of likely N-dealkylation sites (N-methyl/N-ethyl adjacent to an activating group) is 1. The van der Waals surface area contributed by atoms with Crippen LogP contribution < -0.4 is 11.1 Å². The van der Waals surface area contributed by atoms with Crippen molar-refractivity contribution in [1.82, 2.24) is 10.2 Å². The molecule has 0 saturated heterocycles. The Labute approximate surface area is 99.6 Å². The van der Waals surface area contributed by atoms with Crippen LogP contribution in [0.25, 0.3) is 0 Å². The first-order valence-electron chi connectivity index (χ1n) is 5.93. The summed E-state index contributed by atoms with van der Waals surface area (Å²) in [6.45, 7) is 8.83. The minimum Gasteiger partial charge on any atom is -0.353 e. The predicted molar refractivity (Wildman–Crippen MR) is 68.2 cm³/mol. The average molecular weight is 229 g/mol. The molecule has 1 amide bonds. The number of nitrogens with two attached hydrogens (primary N) is 1. The molecule has 0 bridgehead atoms. The molecular weight excluding hydrogens is 202 g/mol. The first kappa shape index (κ1) is 15.4. The Morgan fingerprint density at radius 1 is 1.44 bits per heavy atom. The van der Waals surface area contributed by atoms with Gasteiger partial charge in [-0.3, -0.25) is 4.79 Å². The molecule has 96 valence electrons. The van der Waals surface area contributed by atoms with Crippen molar-refractivity contribution in [1.29, 1.82) is 0 Å². The van der Waals surface area contributed by atoms with E-state index in [1.807, 2.05) is 27.9 Å². The van der Waals surface area contributed by atoms with Gasteiger partial charge >= 0.3 is 0 Å². The summed E-state index contributed by atoms with van der Waals surface area (Å²) < 4.78 is 0. The van der Waals surface area contributed by atoms with Crippen LogP contribution in [0.2, 0.25) is 0 Å². The van der Waals surface area contributed by atoms with Crippen molar-refractivity contribution >= 4 is 5.91 Å². The van der Waals surface area contributed by atoms with E-state index in [2.05, 4.69) is 24.1 Å². The summed E-state index contributed by atoms with van der Waals surface area (Å²) in [5.74, 6) is 0.173. The van der Waals surface area contributed by atoms with Crippen molar-refractivity contribution in [2.24, 2.45) is 11.7 Å². The molecule has 0 aliphatic carbocycles. The summed E-state index contributed by atoms with van der Waals surface area (Å²) in [7, 11) is 4.00. The normalized spacial score (nSPS) is 16.0. The molecule has 0 spiro atoms. The van der Waals surface area contributed by atoms with Gasteiger partial charge in [-0.1, -0.05) is 20.3 Å². The molecule has 4 nitrogen and oxygen atoms in total. The largest absolute Gasteiger partial charge is 0.353 e. The fourth-order valence-corrected chi connectivity index (χ4v) is 1.09. The van der Waals surface area contributed by atoms with Gasteiger partial charge in [0.05, 0.1) is 6.04 Å². The van der Waals surface area contributed by atoms with Crippen LogP contribution in [0.4, 0.5) is 0 Å². The van der Waals surface area contributed by atoms with Crippen molar-refractivity contribution in [3.05, 3.63) is 0 Å². The zero-order valence-electron chi connectivity index (χ0n) is 11.5. The summed E-state index contributed by atoms with van der Waals surface area (Å²) in [5, 5.41) is 2.91. The maximum Gasteiger partial charge on any atom is 0.237 e. The van der Waals surface area contributed by atoms with Crippen molar-refractivity contribution in [2.45, 2.75) is 45.7 Å². The van der Waals surface area contributed by atoms with Crippen molar-refractivity contribution in [3.8, 4) is 0 Å². The monoisotopic (exact) mass is 229 g/mol. The Balaban J connectivity index is 4.17. The average Bonchev–Trinajstić information content (AvgIpc) is 2.23. The van der Waals surface area contributed by atoms with E-state index in [0.717, 1.165) is 6.42 Å². The summed E-state index contributed by atoms with van der Waals surface area (Å²) in [6.07, 6.45) is 0.922. The van der Waals surface area contributed by atoms with E-state index in [9.17, 15) is 4.79 Å². The summed E-state index contributed by atoms with van der Waals surface area (Å²) in [4.78, 5) is 13.8. The number of carbonyl (C=O) groups excluding carboxylic acids is 1. The molecule has 0 aliphatic heterocycles. The SMILES string of the molecule is CCC(C)C(N)C(=O)NCC(C)(C)N(C)C. The standard InChI is InChI=1S/C12H27N3O/c1-7-9(2)10(13)11(16)14-8-12(3,4)15(5)6/h9-10H,7-8,13H2,1-6H3,(H,14,16). The molecule has 2 unspecified atom stereocenters. The molecule has 16 heavy (non-hydrogen) atoms. The lowest BCUT2D eigenvalue weighted by atomic mass is 9.98. The summed E-state index contributed by atoms with van der Waals surface area (Å²) in [6, 6.07) is -0.400. The fourth-order valence-electron chi connectivity index (χ4n) is 1.09. The number of hydrogen-bond donors (Lipinski definition) is 2. The molecule has 0 aromatic rings. The van der Waals surface area contributed by atoms with Crippen LogP contribution in [0.15, 0.2) is 0 Å². The van der Waals surface area contributed by atoms with Crippen LogP contribution in [-0.2, 0) is 4.79 Å². The third kappa shape index (κ3) is 4.49. The Hall–Kier alpha value is -0.610. The predicted octanol–water partition coefficient (Wildman–Crippen LogP) is 0.816. The molecule has 0 saturated carbocycles. The Morgan fingerprint density at radius 2 is 1.94 bits per heavy atom. The fraction of sp³-hybridized carbons (Fsp3) is 0.917. The molecule has 0 aromatic carbocycles. The van der Waals surface area contributed by atoms with Crippen LogP contribution in [0.5, 0.6) is 0 Å². The van der Waals surface area contributed by atoms with Crippen molar-refractivity contribution < 1.29 is 4.79 Å². The Bertz CT molecular complexity index is 226. The second kappa shape index (κ2) is 6.21. The van der Waals surface area contributed by atoms with Crippen LogP contribution >= 0.6 is 0 Å². The highest BCUT2D eigenvalue weighted by atomic mass is 16.2. The van der Waals surface area contributed by atoms with Gasteiger partial charge in [0.2, 0.25) is 5.91 Å². The zero-order chi connectivity index (χ0) is 12.9. The third-order valence-electron chi connectivity index (χ3n) is 3.47. The van der Waals surface area contributed by atoms with Crippen LogP contribution in [0.3, 0.4) is 0 Å². The van der Waals surface area contributed by atoms with Crippen molar-refractivity contribution in [2.75, 3.05) is 20.6 Å². The highest BCUT2D eigenvalue weighted by Gasteiger charge is 2.24. The highest BCUT2D eigenvalue weighted by molar-refractivity contribution is 5.81. The lowest BCUT2D eigenvalue weighted by molar-refractivity contribution is -0.123. The van der Waals surface area contributed by atoms with Gasteiger partial charge in [0.1, 0.15) is 0 Å². The van der Waals surface area contributed by atoms with E-state index in [4.69, 9.17) is 5.73 Å². The second-order valence-corrected chi connectivity index (χ2v) is 5.34. The number of hydrogen-bond acceptors (Lipinski definition) is 3. The van der Waals surface area contributed by atoms with E-state index in [0.29, 0.717) is 6.54 Å². The van der Waals surface area contributed by atoms with Crippen LogP contribution in [0.1, 0.15) is 34.1 Å². The Kier molecular flexibility index (Phi) is 5.97. The molecule has 2 atom stereocenters. The number of carbonyl (C=O) groups is 1. The first-order valence-corrected chi connectivity index (χ1v) is 5.93. The van der Waals surface area contributed by atoms with Gasteiger partial charge in [0.15, 0.2) is 0 Å². The molecule has 0 rings (SSSR count). The zero-order valence-corrected chi connectivity index (χ0v) is 11.5. The van der Waals surface area contributed by atoms with Gasteiger partial charge in [-0.25, -0.2) is 0 Å². The smallest absolute Gasteiger partial charge is 0.237 e.